The number of rotatable bonds is 5. The summed E-state index contributed by atoms with van der Waals surface area (Å²) in [6.07, 6.45) is 0.590. The molecule has 1 N–H and O–H groups in total. The second-order valence-electron chi connectivity index (χ2n) is 5.00. The summed E-state index contributed by atoms with van der Waals surface area (Å²) in [5, 5.41) is 0.575. The van der Waals surface area contributed by atoms with E-state index in [2.05, 4.69) is 4.98 Å². The minimum atomic E-state index is -0.362. The van der Waals surface area contributed by atoms with Crippen molar-refractivity contribution in [2.75, 3.05) is 6.61 Å². The van der Waals surface area contributed by atoms with Crippen molar-refractivity contribution in [3.8, 4) is 5.75 Å². The van der Waals surface area contributed by atoms with Crippen molar-refractivity contribution in [2.24, 2.45) is 0 Å². The van der Waals surface area contributed by atoms with Crippen molar-refractivity contribution in [1.82, 2.24) is 9.55 Å². The highest BCUT2D eigenvalue weighted by molar-refractivity contribution is 7.18. The lowest BCUT2D eigenvalue weighted by Gasteiger charge is -2.07. The Morgan fingerprint density at radius 1 is 1.23 bits per heavy atom. The summed E-state index contributed by atoms with van der Waals surface area (Å²) >= 11 is 1.42. The van der Waals surface area contributed by atoms with Crippen molar-refractivity contribution in [2.45, 2.75) is 19.9 Å². The van der Waals surface area contributed by atoms with Crippen molar-refractivity contribution < 1.29 is 4.74 Å². The maximum absolute atomic E-state index is 12.3. The molecule has 3 aromatic rings. The van der Waals surface area contributed by atoms with Crippen LogP contribution in [0.2, 0.25) is 0 Å². The molecule has 0 amide bonds. The summed E-state index contributed by atoms with van der Waals surface area (Å²) in [5.74, 6) is 0.785. The first-order valence-electron chi connectivity index (χ1n) is 7.06. The first-order valence-corrected chi connectivity index (χ1v) is 7.88. The monoisotopic (exact) mass is 316 g/mol. The Kier molecular flexibility index (Phi) is 4.11. The summed E-state index contributed by atoms with van der Waals surface area (Å²) in [7, 11) is 0. The van der Waals surface area contributed by atoms with E-state index in [4.69, 9.17) is 4.74 Å². The highest BCUT2D eigenvalue weighted by Crippen LogP contribution is 2.18. The highest BCUT2D eigenvalue weighted by atomic mass is 32.1. The van der Waals surface area contributed by atoms with Gasteiger partial charge in [0.25, 0.3) is 5.56 Å². The first kappa shape index (κ1) is 14.6. The van der Waals surface area contributed by atoms with Gasteiger partial charge in [0, 0.05) is 11.4 Å². The minimum absolute atomic E-state index is 0.234. The van der Waals surface area contributed by atoms with Gasteiger partial charge in [-0.25, -0.2) is 4.79 Å². The first-order chi connectivity index (χ1) is 10.6. The van der Waals surface area contributed by atoms with Crippen LogP contribution in [0.3, 0.4) is 0 Å². The molecule has 2 heterocycles. The number of aromatic nitrogens is 2. The van der Waals surface area contributed by atoms with Gasteiger partial charge in [0.15, 0.2) is 0 Å². The number of para-hydroxylation sites is 1. The fourth-order valence-electron chi connectivity index (χ4n) is 2.30. The molecule has 22 heavy (non-hydrogen) atoms. The number of benzene rings is 1. The maximum atomic E-state index is 12.3. The zero-order valence-corrected chi connectivity index (χ0v) is 13.0. The van der Waals surface area contributed by atoms with Crippen LogP contribution in [0.4, 0.5) is 0 Å². The lowest BCUT2D eigenvalue weighted by molar-refractivity contribution is 0.300. The topological polar surface area (TPSA) is 64.1 Å². The van der Waals surface area contributed by atoms with E-state index in [9.17, 15) is 9.59 Å². The van der Waals surface area contributed by atoms with Crippen molar-refractivity contribution in [3.63, 3.8) is 0 Å². The van der Waals surface area contributed by atoms with E-state index in [0.717, 1.165) is 10.6 Å². The summed E-state index contributed by atoms with van der Waals surface area (Å²) in [4.78, 5) is 28.8. The molecule has 0 bridgehead atoms. The molecule has 0 radical (unpaired) electrons. The molecule has 114 valence electrons. The Balaban J connectivity index is 1.71. The van der Waals surface area contributed by atoms with Gasteiger partial charge in [-0.15, -0.1) is 11.3 Å². The number of H-pyrrole nitrogens is 1. The predicted molar refractivity (Wildman–Crippen MR) is 88.0 cm³/mol. The lowest BCUT2D eigenvalue weighted by atomic mass is 10.3. The van der Waals surface area contributed by atoms with Gasteiger partial charge in [0.2, 0.25) is 0 Å². The molecule has 0 aliphatic rings. The third kappa shape index (κ3) is 2.96. The van der Waals surface area contributed by atoms with Gasteiger partial charge in [-0.3, -0.25) is 14.3 Å². The Bertz CT molecular complexity index is 893. The lowest BCUT2D eigenvalue weighted by Crippen LogP contribution is -2.35. The molecule has 0 aliphatic carbocycles. The normalized spacial score (nSPS) is 11.0. The van der Waals surface area contributed by atoms with Crippen molar-refractivity contribution >= 4 is 21.6 Å². The standard InChI is InChI=1S/C16H16N2O3S/c1-11-10-13-14(22-11)17-16(20)18(15(13)19)8-5-9-21-12-6-3-2-4-7-12/h2-4,6-7,10H,5,8-9H2,1H3,(H,17,20). The van der Waals surface area contributed by atoms with Crippen molar-refractivity contribution in [1.29, 1.82) is 0 Å². The van der Waals surface area contributed by atoms with E-state index in [1.54, 1.807) is 0 Å². The van der Waals surface area contributed by atoms with Gasteiger partial charge in [-0.1, -0.05) is 18.2 Å². The number of hydrogen-bond acceptors (Lipinski definition) is 4. The number of aryl methyl sites for hydroxylation is 1. The number of hydrogen-bond donors (Lipinski definition) is 1. The molecular weight excluding hydrogens is 300 g/mol. The van der Waals surface area contributed by atoms with Gasteiger partial charge < -0.3 is 4.74 Å². The molecular formula is C16H16N2O3S. The second kappa shape index (κ2) is 6.19. The number of ether oxygens (including phenoxy) is 1. The number of nitrogens with zero attached hydrogens (tertiary/aromatic N) is 1. The zero-order valence-electron chi connectivity index (χ0n) is 12.2. The van der Waals surface area contributed by atoms with E-state index in [0.29, 0.717) is 29.8 Å². The largest absolute Gasteiger partial charge is 0.494 e. The Morgan fingerprint density at radius 2 is 2.00 bits per heavy atom. The molecule has 1 aromatic carbocycles. The Labute approximate surface area is 130 Å². The Morgan fingerprint density at radius 3 is 2.77 bits per heavy atom. The molecule has 5 nitrogen and oxygen atoms in total. The third-order valence-corrected chi connectivity index (χ3v) is 4.30. The van der Waals surface area contributed by atoms with Crippen LogP contribution >= 0.6 is 11.3 Å². The summed E-state index contributed by atoms with van der Waals surface area (Å²) in [5.41, 5.74) is -0.595. The van der Waals surface area contributed by atoms with E-state index >= 15 is 0 Å². The molecule has 0 saturated heterocycles. The molecule has 3 rings (SSSR count). The SMILES string of the molecule is Cc1cc2c(=O)n(CCCOc3ccccc3)c(=O)[nH]c2s1. The summed E-state index contributed by atoms with van der Waals surface area (Å²) < 4.78 is 6.81. The minimum Gasteiger partial charge on any atom is -0.494 e. The highest BCUT2D eigenvalue weighted by Gasteiger charge is 2.09. The molecule has 6 heteroatoms. The molecule has 2 aromatic heterocycles. The second-order valence-corrected chi connectivity index (χ2v) is 6.26. The summed E-state index contributed by atoms with van der Waals surface area (Å²) in [6, 6.07) is 11.3. The van der Waals surface area contributed by atoms with Crippen LogP contribution in [0.25, 0.3) is 10.2 Å². The van der Waals surface area contributed by atoms with Gasteiger partial charge in [-0.05, 0) is 31.5 Å². The quantitative estimate of drug-likeness (QED) is 0.736. The number of fused-ring (bicyclic) bond motifs is 1. The smallest absolute Gasteiger partial charge is 0.329 e. The Hall–Kier alpha value is -2.34. The number of aromatic amines is 1. The van der Waals surface area contributed by atoms with Crippen LogP contribution in [-0.4, -0.2) is 16.2 Å². The van der Waals surface area contributed by atoms with Crippen LogP contribution in [0.15, 0.2) is 46.0 Å². The fourth-order valence-corrected chi connectivity index (χ4v) is 3.19. The van der Waals surface area contributed by atoms with Gasteiger partial charge >= 0.3 is 5.69 Å². The zero-order chi connectivity index (χ0) is 15.5. The molecule has 0 saturated carbocycles. The van der Waals surface area contributed by atoms with Crippen LogP contribution < -0.4 is 16.0 Å². The average molecular weight is 316 g/mol. The van der Waals surface area contributed by atoms with E-state index in [1.807, 2.05) is 43.3 Å². The van der Waals surface area contributed by atoms with Crippen LogP contribution in [0.5, 0.6) is 5.75 Å². The van der Waals surface area contributed by atoms with Crippen molar-refractivity contribution in [3.05, 3.63) is 62.1 Å². The molecule has 0 aliphatic heterocycles. The van der Waals surface area contributed by atoms with Crippen LogP contribution in [-0.2, 0) is 6.54 Å². The van der Waals surface area contributed by atoms with E-state index in [-0.39, 0.29) is 11.2 Å². The third-order valence-electron chi connectivity index (χ3n) is 3.33. The van der Waals surface area contributed by atoms with Crippen LogP contribution in [0, 0.1) is 6.92 Å². The molecule has 0 fully saturated rings. The number of thiophene rings is 1. The molecule has 0 atom stereocenters. The van der Waals surface area contributed by atoms with Gasteiger partial charge in [0.1, 0.15) is 10.6 Å². The molecule has 0 spiro atoms. The van der Waals surface area contributed by atoms with E-state index in [1.165, 1.54) is 15.9 Å². The average Bonchev–Trinajstić information content (AvgIpc) is 2.88. The van der Waals surface area contributed by atoms with Gasteiger partial charge in [0.05, 0.1) is 12.0 Å². The van der Waals surface area contributed by atoms with Gasteiger partial charge in [-0.2, -0.15) is 0 Å². The molecule has 0 unspecified atom stereocenters. The van der Waals surface area contributed by atoms with Crippen LogP contribution in [0.1, 0.15) is 11.3 Å². The predicted octanol–water partition coefficient (Wildman–Crippen LogP) is 2.53. The summed E-state index contributed by atoms with van der Waals surface area (Å²) in [6.45, 7) is 2.71. The number of nitrogens with one attached hydrogen (secondary N) is 1. The maximum Gasteiger partial charge on any atom is 0.329 e. The van der Waals surface area contributed by atoms with E-state index < -0.39 is 0 Å². The fraction of sp³-hybridized carbons (Fsp3) is 0.250.